The topological polar surface area (TPSA) is 120 Å². The van der Waals surface area contributed by atoms with Crippen LogP contribution in [0, 0.1) is 5.92 Å². The first-order chi connectivity index (χ1) is 17.4. The molecule has 190 valence electrons. The highest BCUT2D eigenvalue weighted by atomic mass is 16.5. The Balaban J connectivity index is 1.10. The molecule has 2 atom stereocenters. The summed E-state index contributed by atoms with van der Waals surface area (Å²) in [6.45, 7) is 1.63. The summed E-state index contributed by atoms with van der Waals surface area (Å²) in [7, 11) is 1.65. The van der Waals surface area contributed by atoms with Gasteiger partial charge in [-0.3, -0.25) is 14.4 Å². The number of fused-ring (bicyclic) bond motifs is 2. The van der Waals surface area contributed by atoms with Crippen molar-refractivity contribution in [2.75, 3.05) is 38.6 Å². The van der Waals surface area contributed by atoms with Crippen LogP contribution in [0.2, 0.25) is 0 Å². The fourth-order valence-electron chi connectivity index (χ4n) is 5.38. The fraction of sp³-hybridized carbons (Fsp3) is 0.462. The van der Waals surface area contributed by atoms with Crippen molar-refractivity contribution < 1.29 is 23.9 Å². The van der Waals surface area contributed by atoms with Crippen molar-refractivity contribution in [3.63, 3.8) is 0 Å². The third-order valence-corrected chi connectivity index (χ3v) is 7.45. The van der Waals surface area contributed by atoms with E-state index in [1.54, 1.807) is 30.2 Å². The van der Waals surface area contributed by atoms with Gasteiger partial charge in [0.2, 0.25) is 11.8 Å². The molecular formula is C26H31N5O5. The Bertz CT molecular complexity index is 1140. The zero-order valence-electron chi connectivity index (χ0n) is 20.3. The molecule has 1 aliphatic carbocycles. The van der Waals surface area contributed by atoms with E-state index in [1.165, 1.54) is 0 Å². The highest BCUT2D eigenvalue weighted by Crippen LogP contribution is 2.27. The zero-order valence-corrected chi connectivity index (χ0v) is 20.3. The summed E-state index contributed by atoms with van der Waals surface area (Å²) < 4.78 is 5.34. The van der Waals surface area contributed by atoms with E-state index >= 15 is 0 Å². The maximum atomic E-state index is 12.9. The molecule has 0 saturated carbocycles. The Hall–Kier alpha value is -3.82. The van der Waals surface area contributed by atoms with Gasteiger partial charge in [-0.1, -0.05) is 12.1 Å². The number of hydrogen-bond donors (Lipinski definition) is 3. The number of nitrogens with one attached hydrogen (secondary N) is 3. The van der Waals surface area contributed by atoms with Crippen LogP contribution in [0.5, 0.6) is 0 Å². The number of methoxy groups -OCH3 is 1. The van der Waals surface area contributed by atoms with E-state index in [0.29, 0.717) is 50.1 Å². The number of anilines is 1. The summed E-state index contributed by atoms with van der Waals surface area (Å²) in [5.41, 5.74) is 1.90. The Morgan fingerprint density at radius 3 is 2.72 bits per heavy atom. The summed E-state index contributed by atoms with van der Waals surface area (Å²) in [4.78, 5) is 53.3. The van der Waals surface area contributed by atoms with Gasteiger partial charge in [-0.25, -0.2) is 4.79 Å². The molecule has 2 saturated heterocycles. The monoisotopic (exact) mass is 493 g/mol. The van der Waals surface area contributed by atoms with Gasteiger partial charge in [0.1, 0.15) is 5.76 Å². The van der Waals surface area contributed by atoms with Crippen LogP contribution in [-0.2, 0) is 20.7 Å². The van der Waals surface area contributed by atoms with Crippen molar-refractivity contribution in [1.29, 1.82) is 0 Å². The predicted octanol–water partition coefficient (Wildman–Crippen LogP) is 1.40. The van der Waals surface area contributed by atoms with Crippen LogP contribution < -0.4 is 16.0 Å². The third kappa shape index (κ3) is 4.93. The standard InChI is InChI=1S/C26H31N5O5/c1-36-20-4-5-21-17(12-20)6-11-31(26(35)29-21)19-7-9-30(10-8-19)24(33)15-27-25(34)18-3-2-16-14-23(32)28-22(16)13-18/h2-5,12-13,17,19,21H,6-11,14-15H2,1H3,(H,27,34)(H,28,32)(H,29,35). The van der Waals surface area contributed by atoms with Crippen LogP contribution in [0.25, 0.3) is 0 Å². The minimum Gasteiger partial charge on any atom is -0.497 e. The van der Waals surface area contributed by atoms with Gasteiger partial charge >= 0.3 is 6.03 Å². The first-order valence-corrected chi connectivity index (χ1v) is 12.4. The largest absolute Gasteiger partial charge is 0.497 e. The van der Waals surface area contributed by atoms with Crippen molar-refractivity contribution in [2.24, 2.45) is 5.92 Å². The average molecular weight is 494 g/mol. The lowest BCUT2D eigenvalue weighted by atomic mass is 9.91. The molecule has 0 radical (unpaired) electrons. The second-order valence-corrected chi connectivity index (χ2v) is 9.64. The Morgan fingerprint density at radius 1 is 1.14 bits per heavy atom. The molecule has 3 heterocycles. The number of rotatable bonds is 5. The van der Waals surface area contributed by atoms with Gasteiger partial charge in [0, 0.05) is 42.8 Å². The third-order valence-electron chi connectivity index (χ3n) is 7.45. The van der Waals surface area contributed by atoms with Gasteiger partial charge in [0.25, 0.3) is 5.91 Å². The average Bonchev–Trinajstić information content (AvgIpc) is 3.18. The first kappa shape index (κ1) is 23.9. The van der Waals surface area contributed by atoms with Crippen molar-refractivity contribution >= 4 is 29.4 Å². The van der Waals surface area contributed by atoms with Crippen LogP contribution in [0.15, 0.2) is 42.2 Å². The molecule has 4 aliphatic rings. The lowest BCUT2D eigenvalue weighted by Crippen LogP contribution is -2.53. The highest BCUT2D eigenvalue weighted by molar-refractivity contribution is 6.02. The highest BCUT2D eigenvalue weighted by Gasteiger charge is 2.35. The Morgan fingerprint density at radius 2 is 1.94 bits per heavy atom. The van der Waals surface area contributed by atoms with Crippen LogP contribution in [0.1, 0.15) is 35.2 Å². The molecule has 3 N–H and O–H groups in total. The van der Waals surface area contributed by atoms with Crippen LogP contribution in [0.3, 0.4) is 0 Å². The number of amides is 5. The van der Waals surface area contributed by atoms with Crippen LogP contribution in [-0.4, -0.2) is 78.9 Å². The molecule has 5 amide bonds. The summed E-state index contributed by atoms with van der Waals surface area (Å²) >= 11 is 0. The SMILES string of the molecule is COC1=CC2CCN(C3CCN(C(=O)CNC(=O)c4ccc5c(c4)NC(=O)C5)CC3)C(=O)NC2C=C1. The summed E-state index contributed by atoms with van der Waals surface area (Å²) in [5, 5.41) is 8.54. The molecule has 3 aliphatic heterocycles. The number of carbonyl (C=O) groups is 4. The van der Waals surface area contributed by atoms with Crippen LogP contribution >= 0.6 is 0 Å². The van der Waals surface area contributed by atoms with Gasteiger partial charge in [-0.2, -0.15) is 0 Å². The minimum absolute atomic E-state index is 0.0337. The maximum absolute atomic E-state index is 12.9. The molecule has 0 spiro atoms. The van der Waals surface area contributed by atoms with E-state index in [2.05, 4.69) is 22.0 Å². The van der Waals surface area contributed by atoms with Gasteiger partial charge < -0.3 is 30.5 Å². The van der Waals surface area contributed by atoms with Crippen molar-refractivity contribution in [3.05, 3.63) is 53.3 Å². The van der Waals surface area contributed by atoms with Crippen molar-refractivity contribution in [2.45, 2.75) is 37.8 Å². The Kier molecular flexibility index (Phi) is 6.67. The zero-order chi connectivity index (χ0) is 25.2. The fourth-order valence-corrected chi connectivity index (χ4v) is 5.38. The molecule has 5 rings (SSSR count). The number of piperidine rings is 1. The van der Waals surface area contributed by atoms with E-state index in [4.69, 9.17) is 4.74 Å². The number of nitrogens with zero attached hydrogens (tertiary/aromatic N) is 2. The quantitative estimate of drug-likeness (QED) is 0.573. The molecule has 2 unspecified atom stereocenters. The molecule has 1 aromatic carbocycles. The van der Waals surface area contributed by atoms with E-state index < -0.39 is 0 Å². The number of allylic oxidation sites excluding steroid dienone is 1. The van der Waals surface area contributed by atoms with E-state index in [0.717, 1.165) is 17.7 Å². The van der Waals surface area contributed by atoms with Crippen LogP contribution in [0.4, 0.5) is 10.5 Å². The molecule has 2 fully saturated rings. The molecule has 10 heteroatoms. The van der Waals surface area contributed by atoms with Gasteiger partial charge in [0.15, 0.2) is 0 Å². The number of urea groups is 1. The summed E-state index contributed by atoms with van der Waals surface area (Å²) in [5.74, 6) is 0.424. The van der Waals surface area contributed by atoms with Gasteiger partial charge in [0.05, 0.1) is 26.1 Å². The Labute approximate surface area is 209 Å². The molecule has 0 aromatic heterocycles. The second kappa shape index (κ2) is 10.0. The number of carbonyl (C=O) groups excluding carboxylic acids is 4. The minimum atomic E-state index is -0.357. The first-order valence-electron chi connectivity index (χ1n) is 12.4. The summed E-state index contributed by atoms with van der Waals surface area (Å²) in [6.07, 6.45) is 8.50. The van der Waals surface area contributed by atoms with E-state index in [1.807, 2.05) is 17.1 Å². The smallest absolute Gasteiger partial charge is 0.318 e. The molecule has 1 aromatic rings. The normalized spacial score (nSPS) is 23.6. The van der Waals surface area contributed by atoms with Crippen molar-refractivity contribution in [3.8, 4) is 0 Å². The number of ether oxygens (including phenoxy) is 1. The van der Waals surface area contributed by atoms with Gasteiger partial charge in [-0.15, -0.1) is 0 Å². The maximum Gasteiger partial charge on any atom is 0.318 e. The number of benzene rings is 1. The van der Waals surface area contributed by atoms with E-state index in [9.17, 15) is 19.2 Å². The molecule has 36 heavy (non-hydrogen) atoms. The molecule has 10 nitrogen and oxygen atoms in total. The lowest BCUT2D eigenvalue weighted by Gasteiger charge is -2.38. The van der Waals surface area contributed by atoms with Gasteiger partial charge in [-0.05, 0) is 49.1 Å². The molecule has 0 bridgehead atoms. The summed E-state index contributed by atoms with van der Waals surface area (Å²) in [6, 6.07) is 5.02. The number of likely N-dealkylation sites (tertiary alicyclic amines) is 1. The lowest BCUT2D eigenvalue weighted by molar-refractivity contribution is -0.131. The number of hydrogen-bond acceptors (Lipinski definition) is 5. The predicted molar refractivity (Wildman–Crippen MR) is 132 cm³/mol. The second-order valence-electron chi connectivity index (χ2n) is 9.64. The van der Waals surface area contributed by atoms with E-state index in [-0.39, 0.29) is 48.3 Å². The van der Waals surface area contributed by atoms with Crippen molar-refractivity contribution in [1.82, 2.24) is 20.4 Å². The molecular weight excluding hydrogens is 462 g/mol.